The number of nitrogens with two attached hydrogens (primary N) is 1. The first-order chi connectivity index (χ1) is 15.0. The Morgan fingerprint density at radius 1 is 1.13 bits per heavy atom. The topological polar surface area (TPSA) is 131 Å². The van der Waals surface area contributed by atoms with Crippen LogP contribution in [0.5, 0.6) is 11.5 Å². The molecule has 31 heavy (non-hydrogen) atoms. The SMILES string of the molecule is Cc1nc(N)c2[nH]c(=O)n(Cc3cccc(Oc4cccc(CNCCO)c4)c3)c2n1. The van der Waals surface area contributed by atoms with Crippen molar-refractivity contribution < 1.29 is 9.84 Å². The second-order valence-corrected chi connectivity index (χ2v) is 7.17. The molecule has 0 spiro atoms. The van der Waals surface area contributed by atoms with Gasteiger partial charge in [-0.25, -0.2) is 14.8 Å². The molecular formula is C22H24N6O3. The molecule has 0 aliphatic rings. The molecule has 2 aromatic carbocycles. The number of hydrogen-bond donors (Lipinski definition) is 4. The summed E-state index contributed by atoms with van der Waals surface area (Å²) in [6.07, 6.45) is 0. The Kier molecular flexibility index (Phi) is 5.96. The normalized spacial score (nSPS) is 11.2. The molecule has 0 amide bonds. The van der Waals surface area contributed by atoms with Crippen LogP contribution < -0.4 is 21.5 Å². The van der Waals surface area contributed by atoms with Crippen LogP contribution in [0.1, 0.15) is 17.0 Å². The van der Waals surface area contributed by atoms with Crippen molar-refractivity contribution in [1.82, 2.24) is 24.8 Å². The first-order valence-corrected chi connectivity index (χ1v) is 9.93. The Labute approximate surface area is 178 Å². The Morgan fingerprint density at radius 2 is 1.84 bits per heavy atom. The quantitative estimate of drug-likeness (QED) is 0.320. The van der Waals surface area contributed by atoms with Crippen LogP contribution in [0.15, 0.2) is 53.3 Å². The van der Waals surface area contributed by atoms with Gasteiger partial charge in [0.15, 0.2) is 11.5 Å². The van der Waals surface area contributed by atoms with Gasteiger partial charge in [-0.3, -0.25) is 4.57 Å². The van der Waals surface area contributed by atoms with Crippen molar-refractivity contribution in [3.63, 3.8) is 0 Å². The van der Waals surface area contributed by atoms with E-state index in [0.717, 1.165) is 11.1 Å². The third-order valence-electron chi connectivity index (χ3n) is 4.75. The Balaban J connectivity index is 1.55. The third-order valence-corrected chi connectivity index (χ3v) is 4.75. The van der Waals surface area contributed by atoms with Gasteiger partial charge in [0.25, 0.3) is 0 Å². The molecular weight excluding hydrogens is 396 g/mol. The molecule has 9 heteroatoms. The number of rotatable bonds is 8. The van der Waals surface area contributed by atoms with E-state index in [-0.39, 0.29) is 18.1 Å². The Bertz CT molecular complexity index is 1260. The number of aromatic nitrogens is 4. The smallest absolute Gasteiger partial charge is 0.328 e. The number of nitrogen functional groups attached to an aromatic ring is 1. The van der Waals surface area contributed by atoms with Crippen LogP contribution in [0, 0.1) is 6.92 Å². The van der Waals surface area contributed by atoms with Crippen LogP contribution in [0.3, 0.4) is 0 Å². The molecule has 9 nitrogen and oxygen atoms in total. The number of hydrogen-bond acceptors (Lipinski definition) is 7. The molecule has 0 unspecified atom stereocenters. The molecule has 5 N–H and O–H groups in total. The number of nitrogens with one attached hydrogen (secondary N) is 2. The molecule has 0 atom stereocenters. The number of aromatic amines is 1. The summed E-state index contributed by atoms with van der Waals surface area (Å²) in [5.74, 6) is 2.13. The number of benzene rings is 2. The third kappa shape index (κ3) is 4.73. The van der Waals surface area contributed by atoms with E-state index < -0.39 is 0 Å². The van der Waals surface area contributed by atoms with E-state index in [1.54, 1.807) is 6.92 Å². The number of fused-ring (bicyclic) bond motifs is 1. The summed E-state index contributed by atoms with van der Waals surface area (Å²) in [5, 5.41) is 12.0. The highest BCUT2D eigenvalue weighted by atomic mass is 16.5. The van der Waals surface area contributed by atoms with Gasteiger partial charge >= 0.3 is 5.69 Å². The summed E-state index contributed by atoms with van der Waals surface area (Å²) < 4.78 is 7.56. The van der Waals surface area contributed by atoms with Gasteiger partial charge in [0, 0.05) is 13.1 Å². The lowest BCUT2D eigenvalue weighted by Gasteiger charge is -2.10. The van der Waals surface area contributed by atoms with Crippen LogP contribution in [0.2, 0.25) is 0 Å². The number of H-pyrrole nitrogens is 1. The molecule has 0 aliphatic carbocycles. The highest BCUT2D eigenvalue weighted by Crippen LogP contribution is 2.24. The van der Waals surface area contributed by atoms with Gasteiger partial charge in [-0.1, -0.05) is 24.3 Å². The van der Waals surface area contributed by atoms with Crippen molar-refractivity contribution in [3.8, 4) is 11.5 Å². The van der Waals surface area contributed by atoms with E-state index in [1.807, 2.05) is 48.5 Å². The zero-order valence-electron chi connectivity index (χ0n) is 17.1. The maximum Gasteiger partial charge on any atom is 0.328 e. The maximum atomic E-state index is 12.5. The van der Waals surface area contributed by atoms with Gasteiger partial charge < -0.3 is 25.9 Å². The second kappa shape index (κ2) is 8.99. The van der Waals surface area contributed by atoms with Crippen LogP contribution in [0.4, 0.5) is 5.82 Å². The summed E-state index contributed by atoms with van der Waals surface area (Å²) in [5.41, 5.74) is 8.48. The van der Waals surface area contributed by atoms with Crippen molar-refractivity contribution in [2.24, 2.45) is 0 Å². The Morgan fingerprint density at radius 3 is 2.58 bits per heavy atom. The maximum absolute atomic E-state index is 12.5. The predicted octanol–water partition coefficient (Wildman–Crippen LogP) is 1.93. The predicted molar refractivity (Wildman–Crippen MR) is 118 cm³/mol. The number of nitrogens with zero attached hydrogens (tertiary/aromatic N) is 3. The molecule has 0 aliphatic heterocycles. The first-order valence-electron chi connectivity index (χ1n) is 9.93. The lowest BCUT2D eigenvalue weighted by Crippen LogP contribution is -2.17. The lowest BCUT2D eigenvalue weighted by molar-refractivity contribution is 0.292. The van der Waals surface area contributed by atoms with Gasteiger partial charge in [0.1, 0.15) is 22.8 Å². The largest absolute Gasteiger partial charge is 0.457 e. The zero-order chi connectivity index (χ0) is 21.8. The monoisotopic (exact) mass is 420 g/mol. The minimum Gasteiger partial charge on any atom is -0.457 e. The molecule has 0 bridgehead atoms. The van der Waals surface area contributed by atoms with Crippen LogP contribution in [-0.2, 0) is 13.1 Å². The number of aliphatic hydroxyl groups is 1. The van der Waals surface area contributed by atoms with Gasteiger partial charge in [0.2, 0.25) is 0 Å². The van der Waals surface area contributed by atoms with Gasteiger partial charge in [-0.05, 0) is 42.3 Å². The minimum absolute atomic E-state index is 0.0979. The molecule has 4 aromatic rings. The van der Waals surface area contributed by atoms with Crippen molar-refractivity contribution in [2.75, 3.05) is 18.9 Å². The highest BCUT2D eigenvalue weighted by molar-refractivity contribution is 5.81. The molecule has 0 saturated carbocycles. The van der Waals surface area contributed by atoms with E-state index in [4.69, 9.17) is 15.6 Å². The lowest BCUT2D eigenvalue weighted by atomic mass is 10.2. The molecule has 0 saturated heterocycles. The number of aliphatic hydroxyl groups excluding tert-OH is 1. The standard InChI is InChI=1S/C22H24N6O3/c1-14-25-20(23)19-21(26-14)28(22(30)27-19)13-16-5-3-7-18(11-16)31-17-6-2-4-15(10-17)12-24-8-9-29/h2-7,10-11,24,29H,8-9,12-13H2,1H3,(H,27,30)(H2,23,25,26). The van der Waals surface area contributed by atoms with E-state index in [1.165, 1.54) is 4.57 Å². The molecule has 2 heterocycles. The summed E-state index contributed by atoms with van der Waals surface area (Å²) in [6.45, 7) is 3.33. The van der Waals surface area contributed by atoms with Gasteiger partial charge in [-0.15, -0.1) is 0 Å². The highest BCUT2D eigenvalue weighted by Gasteiger charge is 2.13. The van der Waals surface area contributed by atoms with Crippen molar-refractivity contribution >= 4 is 17.0 Å². The van der Waals surface area contributed by atoms with E-state index in [0.29, 0.717) is 48.1 Å². The molecule has 2 aromatic heterocycles. The van der Waals surface area contributed by atoms with Crippen LogP contribution >= 0.6 is 0 Å². The molecule has 0 radical (unpaired) electrons. The van der Waals surface area contributed by atoms with Gasteiger partial charge in [-0.2, -0.15) is 0 Å². The summed E-state index contributed by atoms with van der Waals surface area (Å²) >= 11 is 0. The first kappa shape index (κ1) is 20.6. The van der Waals surface area contributed by atoms with Crippen molar-refractivity contribution in [2.45, 2.75) is 20.0 Å². The fourth-order valence-electron chi connectivity index (χ4n) is 3.37. The Hall–Kier alpha value is -3.69. The number of imidazole rings is 1. The fourth-order valence-corrected chi connectivity index (χ4v) is 3.37. The number of anilines is 1. The molecule has 0 fully saturated rings. The van der Waals surface area contributed by atoms with Crippen LogP contribution in [0.25, 0.3) is 11.2 Å². The minimum atomic E-state index is -0.295. The van der Waals surface area contributed by atoms with E-state index >= 15 is 0 Å². The van der Waals surface area contributed by atoms with Gasteiger partial charge in [0.05, 0.1) is 13.2 Å². The zero-order valence-corrected chi connectivity index (χ0v) is 17.1. The summed E-state index contributed by atoms with van der Waals surface area (Å²) in [6, 6.07) is 15.3. The number of ether oxygens (including phenoxy) is 1. The molecule has 160 valence electrons. The fraction of sp³-hybridized carbons (Fsp3) is 0.227. The summed E-state index contributed by atoms with van der Waals surface area (Å²) in [4.78, 5) is 23.7. The van der Waals surface area contributed by atoms with Crippen molar-refractivity contribution in [1.29, 1.82) is 0 Å². The van der Waals surface area contributed by atoms with E-state index in [9.17, 15) is 4.79 Å². The summed E-state index contributed by atoms with van der Waals surface area (Å²) in [7, 11) is 0. The second-order valence-electron chi connectivity index (χ2n) is 7.17. The number of aryl methyl sites for hydroxylation is 1. The van der Waals surface area contributed by atoms with Crippen molar-refractivity contribution in [3.05, 3.63) is 76.0 Å². The molecule has 4 rings (SSSR count). The average molecular weight is 420 g/mol. The average Bonchev–Trinajstić information content (AvgIpc) is 3.05. The van der Waals surface area contributed by atoms with E-state index in [2.05, 4.69) is 20.3 Å². The van der Waals surface area contributed by atoms with Crippen LogP contribution in [-0.4, -0.2) is 37.8 Å².